The molecule has 4 rings (SSSR count). The van der Waals surface area contributed by atoms with Crippen molar-refractivity contribution in [3.05, 3.63) is 69.7 Å². The number of hydrogen-bond donors (Lipinski definition) is 2. The van der Waals surface area contributed by atoms with Gasteiger partial charge in [0.2, 0.25) is 0 Å². The van der Waals surface area contributed by atoms with Gasteiger partial charge in [-0.05, 0) is 62.7 Å². The van der Waals surface area contributed by atoms with E-state index in [-0.39, 0.29) is 22.8 Å². The molecule has 1 fully saturated rings. The topological polar surface area (TPSA) is 109 Å². The summed E-state index contributed by atoms with van der Waals surface area (Å²) in [6.45, 7) is 5.80. The highest BCUT2D eigenvalue weighted by Gasteiger charge is 2.48. The van der Waals surface area contributed by atoms with Crippen molar-refractivity contribution in [2.45, 2.75) is 26.8 Å². The summed E-state index contributed by atoms with van der Waals surface area (Å²) in [5, 5.41) is 21.7. The van der Waals surface area contributed by atoms with Crippen molar-refractivity contribution < 1.29 is 29.3 Å². The minimum Gasteiger partial charge on any atom is -0.507 e. The van der Waals surface area contributed by atoms with Crippen molar-refractivity contribution in [2.24, 2.45) is 0 Å². The number of aryl methyl sites for hydroxylation is 2. The Hall–Kier alpha value is -3.85. The molecule has 0 bridgehead atoms. The van der Waals surface area contributed by atoms with Crippen molar-refractivity contribution in [1.82, 2.24) is 4.98 Å². The Kier molecular flexibility index (Phi) is 6.30. The van der Waals surface area contributed by atoms with Crippen LogP contribution in [0.1, 0.15) is 34.7 Å². The van der Waals surface area contributed by atoms with Crippen molar-refractivity contribution in [3.8, 4) is 17.2 Å². The van der Waals surface area contributed by atoms with Crippen LogP contribution in [0, 0.1) is 13.8 Å². The van der Waals surface area contributed by atoms with Gasteiger partial charge in [0.15, 0.2) is 16.6 Å². The number of ketones is 1. The number of nitrogens with zero attached hydrogens (tertiary/aromatic N) is 2. The van der Waals surface area contributed by atoms with Crippen LogP contribution in [0.15, 0.2) is 48.0 Å². The quantitative estimate of drug-likeness (QED) is 0.304. The number of hydrogen-bond acceptors (Lipinski definition) is 8. The number of rotatable bonds is 6. The zero-order chi connectivity index (χ0) is 24.6. The molecule has 34 heavy (non-hydrogen) atoms. The molecule has 1 aliphatic rings. The third kappa shape index (κ3) is 3.99. The number of anilines is 1. The number of phenols is 1. The van der Waals surface area contributed by atoms with E-state index in [1.54, 1.807) is 43.3 Å². The molecule has 1 saturated heterocycles. The van der Waals surface area contributed by atoms with Crippen LogP contribution in [0.2, 0.25) is 0 Å². The first kappa shape index (κ1) is 23.3. The molecule has 1 aliphatic heterocycles. The SMILES string of the molecule is CCOc1cc(C2C(=C(O)c3ccc(OC)cc3)C(=O)C(=O)N2c2nc(C)c(C)s2)ccc1O. The first-order valence-corrected chi connectivity index (χ1v) is 11.4. The standard InChI is InChI=1S/C25H24N2O6S/c1-5-33-19-12-16(8-11-18(19)28)21-20(22(29)15-6-9-17(32-4)10-7-15)23(30)24(31)27(21)25-26-13(2)14(3)34-25/h6-12,21,28-29H,5H2,1-4H3. The van der Waals surface area contributed by atoms with Crippen LogP contribution in [0.25, 0.3) is 5.76 Å². The molecule has 8 nitrogen and oxygen atoms in total. The molecule has 0 saturated carbocycles. The van der Waals surface area contributed by atoms with Gasteiger partial charge < -0.3 is 19.7 Å². The highest BCUT2D eigenvalue weighted by atomic mass is 32.1. The summed E-state index contributed by atoms with van der Waals surface area (Å²) < 4.78 is 10.7. The Labute approximate surface area is 200 Å². The maximum absolute atomic E-state index is 13.2. The Balaban J connectivity index is 1.94. The third-order valence-corrected chi connectivity index (χ3v) is 6.70. The van der Waals surface area contributed by atoms with Gasteiger partial charge in [-0.15, -0.1) is 11.3 Å². The number of aromatic hydroxyl groups is 1. The molecular weight excluding hydrogens is 456 g/mol. The maximum atomic E-state index is 13.2. The summed E-state index contributed by atoms with van der Waals surface area (Å²) >= 11 is 1.29. The molecule has 1 atom stereocenters. The van der Waals surface area contributed by atoms with Gasteiger partial charge in [-0.1, -0.05) is 6.07 Å². The van der Waals surface area contributed by atoms with E-state index in [0.717, 1.165) is 10.6 Å². The second kappa shape index (κ2) is 9.18. The predicted octanol–water partition coefficient (Wildman–Crippen LogP) is 4.50. The van der Waals surface area contributed by atoms with E-state index in [0.29, 0.717) is 28.6 Å². The Morgan fingerprint density at radius 1 is 1.15 bits per heavy atom. The number of aliphatic hydroxyl groups excluding tert-OH is 1. The second-order valence-electron chi connectivity index (χ2n) is 7.70. The van der Waals surface area contributed by atoms with Crippen LogP contribution in [0.5, 0.6) is 17.2 Å². The van der Waals surface area contributed by atoms with E-state index in [2.05, 4.69) is 4.98 Å². The van der Waals surface area contributed by atoms with E-state index in [1.165, 1.54) is 29.4 Å². The lowest BCUT2D eigenvalue weighted by Crippen LogP contribution is -2.29. The fourth-order valence-electron chi connectivity index (χ4n) is 3.78. The number of benzene rings is 2. The van der Waals surface area contributed by atoms with Gasteiger partial charge in [0, 0.05) is 10.4 Å². The summed E-state index contributed by atoms with van der Waals surface area (Å²) in [7, 11) is 1.53. The molecule has 2 heterocycles. The number of aliphatic hydroxyl groups is 1. The average molecular weight is 481 g/mol. The van der Waals surface area contributed by atoms with Crippen LogP contribution in [0.4, 0.5) is 5.13 Å². The molecule has 9 heteroatoms. The van der Waals surface area contributed by atoms with E-state index in [9.17, 15) is 19.8 Å². The number of thiazole rings is 1. The molecule has 0 radical (unpaired) electrons. The monoisotopic (exact) mass is 480 g/mol. The number of Topliss-reactive ketones (excluding diaryl/α,β-unsaturated/α-hetero) is 1. The molecule has 176 valence electrons. The van der Waals surface area contributed by atoms with Crippen LogP contribution in [-0.2, 0) is 9.59 Å². The van der Waals surface area contributed by atoms with Crippen molar-refractivity contribution in [3.63, 3.8) is 0 Å². The van der Waals surface area contributed by atoms with Gasteiger partial charge in [-0.3, -0.25) is 14.5 Å². The molecule has 2 aromatic carbocycles. The number of amides is 1. The van der Waals surface area contributed by atoms with Gasteiger partial charge in [0.05, 0.1) is 31.0 Å². The number of methoxy groups -OCH3 is 1. The lowest BCUT2D eigenvalue weighted by molar-refractivity contribution is -0.132. The molecule has 1 unspecified atom stereocenters. The number of ether oxygens (including phenoxy) is 2. The van der Waals surface area contributed by atoms with Gasteiger partial charge in [-0.25, -0.2) is 4.98 Å². The maximum Gasteiger partial charge on any atom is 0.301 e. The molecule has 2 N–H and O–H groups in total. The Bertz CT molecular complexity index is 1280. The van der Waals surface area contributed by atoms with E-state index in [1.807, 2.05) is 13.8 Å². The molecule has 1 aromatic heterocycles. The van der Waals surface area contributed by atoms with Crippen LogP contribution < -0.4 is 14.4 Å². The van der Waals surface area contributed by atoms with Gasteiger partial charge in [-0.2, -0.15) is 0 Å². The first-order chi connectivity index (χ1) is 16.3. The Morgan fingerprint density at radius 2 is 1.85 bits per heavy atom. The van der Waals surface area contributed by atoms with E-state index in [4.69, 9.17) is 9.47 Å². The average Bonchev–Trinajstić information content (AvgIpc) is 3.30. The molecule has 0 spiro atoms. The minimum absolute atomic E-state index is 0.0707. The lowest BCUT2D eigenvalue weighted by Gasteiger charge is -2.23. The molecule has 3 aromatic rings. The third-order valence-electron chi connectivity index (χ3n) is 5.63. The predicted molar refractivity (Wildman–Crippen MR) is 129 cm³/mol. The molecular formula is C25H24N2O6S. The molecule has 0 aliphatic carbocycles. The van der Waals surface area contributed by atoms with Crippen molar-refractivity contribution >= 4 is 33.9 Å². The normalized spacial score (nSPS) is 17.3. The zero-order valence-electron chi connectivity index (χ0n) is 19.2. The summed E-state index contributed by atoms with van der Waals surface area (Å²) in [6.07, 6.45) is 0. The lowest BCUT2D eigenvalue weighted by atomic mass is 9.95. The number of carbonyl (C=O) groups is 2. The highest BCUT2D eigenvalue weighted by molar-refractivity contribution is 7.16. The fraction of sp³-hybridized carbons (Fsp3) is 0.240. The summed E-state index contributed by atoms with van der Waals surface area (Å²) in [5.41, 5.74) is 1.52. The fourth-order valence-corrected chi connectivity index (χ4v) is 4.72. The van der Waals surface area contributed by atoms with Crippen molar-refractivity contribution in [1.29, 1.82) is 0 Å². The van der Waals surface area contributed by atoms with Crippen LogP contribution >= 0.6 is 11.3 Å². The summed E-state index contributed by atoms with van der Waals surface area (Å²) in [6, 6.07) is 10.2. The minimum atomic E-state index is -0.966. The summed E-state index contributed by atoms with van der Waals surface area (Å²) in [5.74, 6) is -1.21. The van der Waals surface area contributed by atoms with Crippen molar-refractivity contribution in [2.75, 3.05) is 18.6 Å². The zero-order valence-corrected chi connectivity index (χ0v) is 20.0. The van der Waals surface area contributed by atoms with E-state index < -0.39 is 17.7 Å². The number of aromatic nitrogens is 1. The second-order valence-corrected chi connectivity index (χ2v) is 8.88. The Morgan fingerprint density at radius 3 is 2.44 bits per heavy atom. The summed E-state index contributed by atoms with van der Waals surface area (Å²) in [4.78, 5) is 33.2. The number of carbonyl (C=O) groups excluding carboxylic acids is 2. The largest absolute Gasteiger partial charge is 0.507 e. The van der Waals surface area contributed by atoms with Gasteiger partial charge in [0.1, 0.15) is 11.5 Å². The van der Waals surface area contributed by atoms with E-state index >= 15 is 0 Å². The van der Waals surface area contributed by atoms with Crippen LogP contribution in [0.3, 0.4) is 0 Å². The van der Waals surface area contributed by atoms with Gasteiger partial charge in [0.25, 0.3) is 5.78 Å². The van der Waals surface area contributed by atoms with Gasteiger partial charge >= 0.3 is 5.91 Å². The first-order valence-electron chi connectivity index (χ1n) is 10.6. The smallest absolute Gasteiger partial charge is 0.301 e. The highest BCUT2D eigenvalue weighted by Crippen LogP contribution is 2.45. The van der Waals surface area contributed by atoms with Crippen LogP contribution in [-0.4, -0.2) is 40.6 Å². The number of phenolic OH excluding ortho intramolecular Hbond substituents is 1. The molecule has 1 amide bonds.